The topological polar surface area (TPSA) is 34.1 Å². The van der Waals surface area contributed by atoms with Crippen LogP contribution in [0, 0.1) is 5.41 Å². The third-order valence-corrected chi connectivity index (χ3v) is 2.54. The van der Waals surface area contributed by atoms with E-state index < -0.39 is 5.41 Å². The SMILES string of the molecule is O=C1C=CC(=O)C12CCC2. The highest BCUT2D eigenvalue weighted by Gasteiger charge is 2.50. The van der Waals surface area contributed by atoms with Crippen LogP contribution in [-0.2, 0) is 9.59 Å². The lowest BCUT2D eigenvalue weighted by Gasteiger charge is -2.34. The van der Waals surface area contributed by atoms with Gasteiger partial charge in [-0.25, -0.2) is 0 Å². The van der Waals surface area contributed by atoms with Gasteiger partial charge in [-0.05, 0) is 25.0 Å². The molecule has 52 valence electrons. The monoisotopic (exact) mass is 136 g/mol. The Morgan fingerprint density at radius 2 is 1.60 bits per heavy atom. The fourth-order valence-electron chi connectivity index (χ4n) is 1.61. The van der Waals surface area contributed by atoms with E-state index in [1.54, 1.807) is 0 Å². The van der Waals surface area contributed by atoms with Crippen molar-refractivity contribution in [2.24, 2.45) is 5.41 Å². The van der Waals surface area contributed by atoms with Gasteiger partial charge in [0.25, 0.3) is 0 Å². The molecule has 0 aromatic carbocycles. The van der Waals surface area contributed by atoms with Crippen molar-refractivity contribution in [1.29, 1.82) is 0 Å². The molecule has 0 saturated heterocycles. The second kappa shape index (κ2) is 1.57. The van der Waals surface area contributed by atoms with E-state index in [2.05, 4.69) is 0 Å². The first kappa shape index (κ1) is 5.83. The van der Waals surface area contributed by atoms with Crippen LogP contribution in [0.25, 0.3) is 0 Å². The summed E-state index contributed by atoms with van der Waals surface area (Å²) in [6, 6.07) is 0. The Balaban J connectivity index is 2.37. The van der Waals surface area contributed by atoms with Gasteiger partial charge in [0.1, 0.15) is 0 Å². The number of rotatable bonds is 0. The van der Waals surface area contributed by atoms with Gasteiger partial charge in [0.15, 0.2) is 11.6 Å². The molecule has 0 heterocycles. The summed E-state index contributed by atoms with van der Waals surface area (Å²) in [5.41, 5.74) is -0.556. The number of allylic oxidation sites excluding steroid dienone is 2. The molecule has 2 heteroatoms. The molecule has 0 unspecified atom stereocenters. The summed E-state index contributed by atoms with van der Waals surface area (Å²) in [4.78, 5) is 22.2. The van der Waals surface area contributed by atoms with Crippen LogP contribution in [0.2, 0.25) is 0 Å². The van der Waals surface area contributed by atoms with Crippen LogP contribution >= 0.6 is 0 Å². The van der Waals surface area contributed by atoms with Gasteiger partial charge in [0.05, 0.1) is 5.41 Å². The quantitative estimate of drug-likeness (QED) is 0.463. The summed E-state index contributed by atoms with van der Waals surface area (Å²) >= 11 is 0. The van der Waals surface area contributed by atoms with Gasteiger partial charge in [0, 0.05) is 0 Å². The maximum absolute atomic E-state index is 11.1. The summed E-state index contributed by atoms with van der Waals surface area (Å²) in [6.07, 6.45) is 5.41. The summed E-state index contributed by atoms with van der Waals surface area (Å²) in [6.45, 7) is 0. The molecule has 0 bridgehead atoms. The van der Waals surface area contributed by atoms with Crippen molar-refractivity contribution in [3.05, 3.63) is 12.2 Å². The molecule has 0 radical (unpaired) electrons. The Morgan fingerprint density at radius 1 is 1.10 bits per heavy atom. The number of ketones is 2. The minimum atomic E-state index is -0.556. The van der Waals surface area contributed by atoms with Gasteiger partial charge < -0.3 is 0 Å². The van der Waals surface area contributed by atoms with Crippen molar-refractivity contribution in [3.8, 4) is 0 Å². The third kappa shape index (κ3) is 0.451. The number of hydrogen-bond donors (Lipinski definition) is 0. The van der Waals surface area contributed by atoms with Crippen molar-refractivity contribution in [2.75, 3.05) is 0 Å². The fourth-order valence-corrected chi connectivity index (χ4v) is 1.61. The van der Waals surface area contributed by atoms with Gasteiger partial charge >= 0.3 is 0 Å². The van der Waals surface area contributed by atoms with Crippen LogP contribution in [0.3, 0.4) is 0 Å². The van der Waals surface area contributed by atoms with Crippen LogP contribution in [-0.4, -0.2) is 11.6 Å². The van der Waals surface area contributed by atoms with Crippen molar-refractivity contribution in [3.63, 3.8) is 0 Å². The molecule has 2 aliphatic carbocycles. The summed E-state index contributed by atoms with van der Waals surface area (Å²) in [7, 11) is 0. The zero-order valence-electron chi connectivity index (χ0n) is 5.59. The first-order valence-corrected chi connectivity index (χ1v) is 3.53. The molecule has 10 heavy (non-hydrogen) atoms. The molecule has 0 aromatic rings. The van der Waals surface area contributed by atoms with E-state index in [1.807, 2.05) is 0 Å². The summed E-state index contributed by atoms with van der Waals surface area (Å²) in [5.74, 6) is 0.0625. The molecular weight excluding hydrogens is 128 g/mol. The molecule has 0 atom stereocenters. The number of carbonyl (C=O) groups excluding carboxylic acids is 2. The van der Waals surface area contributed by atoms with Crippen LogP contribution in [0.1, 0.15) is 19.3 Å². The Labute approximate surface area is 58.9 Å². The highest BCUT2D eigenvalue weighted by molar-refractivity contribution is 6.22. The molecule has 2 nitrogen and oxygen atoms in total. The smallest absolute Gasteiger partial charge is 0.169 e. The lowest BCUT2D eigenvalue weighted by atomic mass is 9.66. The van der Waals surface area contributed by atoms with E-state index in [1.165, 1.54) is 12.2 Å². The predicted octanol–water partition coefficient (Wildman–Crippen LogP) is 0.865. The first-order chi connectivity index (χ1) is 4.76. The van der Waals surface area contributed by atoms with Crippen LogP contribution in [0.15, 0.2) is 12.2 Å². The van der Waals surface area contributed by atoms with E-state index in [0.717, 1.165) is 19.3 Å². The van der Waals surface area contributed by atoms with E-state index in [-0.39, 0.29) is 11.6 Å². The van der Waals surface area contributed by atoms with Gasteiger partial charge in [-0.2, -0.15) is 0 Å². The average Bonchev–Trinajstić information content (AvgIpc) is 2.06. The van der Waals surface area contributed by atoms with Gasteiger partial charge in [-0.15, -0.1) is 0 Å². The second-order valence-electron chi connectivity index (χ2n) is 3.00. The molecule has 2 aliphatic rings. The van der Waals surface area contributed by atoms with Gasteiger partial charge in [0.2, 0.25) is 0 Å². The van der Waals surface area contributed by atoms with Crippen molar-refractivity contribution < 1.29 is 9.59 Å². The number of carbonyl (C=O) groups is 2. The molecule has 1 spiro atoms. The van der Waals surface area contributed by atoms with E-state index in [9.17, 15) is 9.59 Å². The summed E-state index contributed by atoms with van der Waals surface area (Å²) in [5, 5.41) is 0. The van der Waals surface area contributed by atoms with E-state index in [4.69, 9.17) is 0 Å². The van der Waals surface area contributed by atoms with Crippen molar-refractivity contribution >= 4 is 11.6 Å². The lowest BCUT2D eigenvalue weighted by Crippen LogP contribution is -2.40. The van der Waals surface area contributed by atoms with Crippen LogP contribution in [0.4, 0.5) is 0 Å². The van der Waals surface area contributed by atoms with E-state index >= 15 is 0 Å². The van der Waals surface area contributed by atoms with E-state index in [0.29, 0.717) is 0 Å². The van der Waals surface area contributed by atoms with Gasteiger partial charge in [-0.1, -0.05) is 6.42 Å². The van der Waals surface area contributed by atoms with Crippen LogP contribution < -0.4 is 0 Å². The zero-order chi connectivity index (χ0) is 7.19. The molecule has 1 saturated carbocycles. The Kier molecular flexibility index (Phi) is 0.914. The standard InChI is InChI=1S/C8H8O2/c9-6-2-3-7(10)8(6)4-1-5-8/h2-3H,1,4-5H2. The summed E-state index contributed by atoms with van der Waals surface area (Å²) < 4.78 is 0. The van der Waals surface area contributed by atoms with Gasteiger partial charge in [-0.3, -0.25) is 9.59 Å². The van der Waals surface area contributed by atoms with Crippen molar-refractivity contribution in [2.45, 2.75) is 19.3 Å². The highest BCUT2D eigenvalue weighted by Crippen LogP contribution is 2.45. The Hall–Kier alpha value is -0.920. The maximum Gasteiger partial charge on any atom is 0.169 e. The maximum atomic E-state index is 11.1. The molecule has 0 aromatic heterocycles. The zero-order valence-corrected chi connectivity index (χ0v) is 5.59. The average molecular weight is 136 g/mol. The molecule has 0 amide bonds. The Bertz CT molecular complexity index is 214. The lowest BCUT2D eigenvalue weighted by molar-refractivity contribution is -0.138. The molecular formula is C8H8O2. The largest absolute Gasteiger partial charge is 0.294 e. The minimum Gasteiger partial charge on any atom is -0.294 e. The second-order valence-corrected chi connectivity index (χ2v) is 3.00. The minimum absolute atomic E-state index is 0.0313. The number of hydrogen-bond acceptors (Lipinski definition) is 2. The molecule has 1 fully saturated rings. The third-order valence-electron chi connectivity index (χ3n) is 2.54. The predicted molar refractivity (Wildman–Crippen MR) is 35.4 cm³/mol. The Morgan fingerprint density at radius 3 is 1.80 bits per heavy atom. The first-order valence-electron chi connectivity index (χ1n) is 3.53. The normalized spacial score (nSPS) is 27.6. The molecule has 0 N–H and O–H groups in total. The fraction of sp³-hybridized carbons (Fsp3) is 0.500. The van der Waals surface area contributed by atoms with Crippen molar-refractivity contribution in [1.82, 2.24) is 0 Å². The highest BCUT2D eigenvalue weighted by atomic mass is 16.2. The molecule has 0 aliphatic heterocycles. The molecule has 2 rings (SSSR count). The van der Waals surface area contributed by atoms with Crippen LogP contribution in [0.5, 0.6) is 0 Å².